The first kappa shape index (κ1) is 15.1. The Balaban J connectivity index is 2.84. The lowest BCUT2D eigenvalue weighted by Crippen LogP contribution is -2.59. The number of carboxylic acids is 1. The molecule has 1 heterocycles. The number of rotatable bonds is 3. The molecule has 1 rings (SSSR count). The molecule has 2 N–H and O–H groups in total. The van der Waals surface area contributed by atoms with Crippen molar-refractivity contribution in [2.45, 2.75) is 25.4 Å². The lowest BCUT2D eigenvalue weighted by atomic mass is 10.1. The van der Waals surface area contributed by atoms with Crippen molar-refractivity contribution >= 4 is 23.8 Å². The van der Waals surface area contributed by atoms with Crippen LogP contribution in [0.25, 0.3) is 0 Å². The fourth-order valence-electron chi connectivity index (χ4n) is 1.59. The third-order valence-corrected chi connectivity index (χ3v) is 4.26. The summed E-state index contributed by atoms with van der Waals surface area (Å²) < 4.78 is 0. The van der Waals surface area contributed by atoms with Gasteiger partial charge in [0.1, 0.15) is 6.04 Å². The molecule has 0 aliphatic carbocycles. The first-order valence-electron chi connectivity index (χ1n) is 5.77. The predicted octanol–water partition coefficient (Wildman–Crippen LogP) is 0.311. The van der Waals surface area contributed by atoms with Crippen molar-refractivity contribution in [3.63, 3.8) is 0 Å². The molecular weight excluding hydrogens is 256 g/mol. The maximum absolute atomic E-state index is 12.3. The molecule has 1 unspecified atom stereocenters. The minimum Gasteiger partial charge on any atom is -0.480 e. The van der Waals surface area contributed by atoms with Crippen LogP contribution in [0.2, 0.25) is 0 Å². The van der Waals surface area contributed by atoms with E-state index in [9.17, 15) is 14.7 Å². The molecule has 0 aromatic carbocycles. The average molecular weight is 276 g/mol. The highest BCUT2D eigenvalue weighted by molar-refractivity contribution is 7.99. The molecule has 0 saturated carbocycles. The molecule has 1 aliphatic rings. The standard InChI is InChI=1S/C11H20N2O4S/c1-11(2,7-14)12(3)10(17)13-4-5-18-6-8(13)9(15)16/h8,14H,4-7H2,1-3H3,(H,15,16). The van der Waals surface area contributed by atoms with E-state index in [1.807, 2.05) is 0 Å². The molecule has 0 radical (unpaired) electrons. The monoisotopic (exact) mass is 276 g/mol. The second-order valence-electron chi connectivity index (χ2n) is 4.93. The number of thioether (sulfide) groups is 1. The summed E-state index contributed by atoms with van der Waals surface area (Å²) >= 11 is 1.53. The molecule has 0 spiro atoms. The number of aliphatic carboxylic acids is 1. The van der Waals surface area contributed by atoms with Crippen molar-refractivity contribution in [1.29, 1.82) is 0 Å². The zero-order valence-electron chi connectivity index (χ0n) is 10.9. The van der Waals surface area contributed by atoms with Gasteiger partial charge in [-0.3, -0.25) is 0 Å². The number of carboxylic acid groups (broad SMARTS) is 1. The summed E-state index contributed by atoms with van der Waals surface area (Å²) in [6.45, 7) is 3.72. The third kappa shape index (κ3) is 3.08. The van der Waals surface area contributed by atoms with Crippen LogP contribution in [-0.2, 0) is 4.79 Å². The molecule has 6 nitrogen and oxygen atoms in total. The molecule has 1 fully saturated rings. The van der Waals surface area contributed by atoms with Crippen molar-refractivity contribution in [3.05, 3.63) is 0 Å². The molecular formula is C11H20N2O4S. The SMILES string of the molecule is CN(C(=O)N1CCSCC1C(=O)O)C(C)(C)CO. The highest BCUT2D eigenvalue weighted by Crippen LogP contribution is 2.21. The van der Waals surface area contributed by atoms with E-state index in [1.165, 1.54) is 21.6 Å². The van der Waals surface area contributed by atoms with Crippen LogP contribution in [0.15, 0.2) is 0 Å². The fraction of sp³-hybridized carbons (Fsp3) is 0.818. The van der Waals surface area contributed by atoms with E-state index in [2.05, 4.69) is 0 Å². The largest absolute Gasteiger partial charge is 0.480 e. The van der Waals surface area contributed by atoms with E-state index in [-0.39, 0.29) is 12.6 Å². The van der Waals surface area contributed by atoms with E-state index in [1.54, 1.807) is 20.9 Å². The van der Waals surface area contributed by atoms with Crippen molar-refractivity contribution in [1.82, 2.24) is 9.80 Å². The van der Waals surface area contributed by atoms with E-state index in [0.29, 0.717) is 12.3 Å². The molecule has 18 heavy (non-hydrogen) atoms. The molecule has 0 bridgehead atoms. The summed E-state index contributed by atoms with van der Waals surface area (Å²) in [6, 6.07) is -1.13. The van der Waals surface area contributed by atoms with Crippen LogP contribution in [0.3, 0.4) is 0 Å². The minimum absolute atomic E-state index is 0.171. The highest BCUT2D eigenvalue weighted by Gasteiger charge is 2.37. The van der Waals surface area contributed by atoms with Gasteiger partial charge >= 0.3 is 12.0 Å². The van der Waals surface area contributed by atoms with Gasteiger partial charge in [-0.15, -0.1) is 0 Å². The van der Waals surface area contributed by atoms with Gasteiger partial charge in [0, 0.05) is 25.1 Å². The Labute approximate surface area is 111 Å². The maximum Gasteiger partial charge on any atom is 0.327 e. The van der Waals surface area contributed by atoms with Gasteiger partial charge in [0.2, 0.25) is 0 Å². The quantitative estimate of drug-likeness (QED) is 0.775. The van der Waals surface area contributed by atoms with Crippen molar-refractivity contribution in [3.8, 4) is 0 Å². The summed E-state index contributed by atoms with van der Waals surface area (Å²) in [6.07, 6.45) is 0. The Kier molecular flexibility index (Phi) is 4.86. The summed E-state index contributed by atoms with van der Waals surface area (Å²) in [5.74, 6) is 0.169. The number of hydrogen-bond acceptors (Lipinski definition) is 4. The zero-order chi connectivity index (χ0) is 13.9. The number of hydrogen-bond donors (Lipinski definition) is 2. The van der Waals surface area contributed by atoms with Crippen LogP contribution in [0.4, 0.5) is 4.79 Å². The minimum atomic E-state index is -0.981. The Hall–Kier alpha value is -0.950. The summed E-state index contributed by atoms with van der Waals surface area (Å²) in [5.41, 5.74) is -0.704. The van der Waals surface area contributed by atoms with E-state index in [0.717, 1.165) is 5.75 Å². The second kappa shape index (κ2) is 5.79. The Morgan fingerprint density at radius 1 is 1.50 bits per heavy atom. The van der Waals surface area contributed by atoms with Crippen LogP contribution in [-0.4, -0.2) is 75.3 Å². The van der Waals surface area contributed by atoms with Crippen molar-refractivity contribution in [2.24, 2.45) is 0 Å². The summed E-state index contributed by atoms with van der Waals surface area (Å²) in [7, 11) is 1.58. The molecule has 1 saturated heterocycles. The number of amides is 2. The number of likely N-dealkylation sites (N-methyl/N-ethyl adjacent to an activating group) is 1. The van der Waals surface area contributed by atoms with Crippen LogP contribution >= 0.6 is 11.8 Å². The molecule has 104 valence electrons. The Morgan fingerprint density at radius 3 is 2.61 bits per heavy atom. The third-order valence-electron chi connectivity index (χ3n) is 3.24. The Bertz CT molecular complexity index is 335. The number of nitrogens with zero attached hydrogens (tertiary/aromatic N) is 2. The number of aliphatic hydroxyl groups is 1. The Morgan fingerprint density at radius 2 is 2.11 bits per heavy atom. The lowest BCUT2D eigenvalue weighted by molar-refractivity contribution is -0.141. The van der Waals surface area contributed by atoms with Gasteiger partial charge in [-0.05, 0) is 13.8 Å². The summed E-state index contributed by atoms with van der Waals surface area (Å²) in [4.78, 5) is 26.2. The molecule has 7 heteroatoms. The molecule has 1 aliphatic heterocycles. The van der Waals surface area contributed by atoms with Gasteiger partial charge in [0.25, 0.3) is 0 Å². The van der Waals surface area contributed by atoms with E-state index < -0.39 is 17.6 Å². The lowest BCUT2D eigenvalue weighted by Gasteiger charge is -2.41. The van der Waals surface area contributed by atoms with Gasteiger partial charge < -0.3 is 20.0 Å². The number of carbonyl (C=O) groups excluding carboxylic acids is 1. The predicted molar refractivity (Wildman–Crippen MR) is 69.8 cm³/mol. The van der Waals surface area contributed by atoms with Gasteiger partial charge in [-0.2, -0.15) is 11.8 Å². The van der Waals surface area contributed by atoms with Crippen LogP contribution in [0, 0.1) is 0 Å². The highest BCUT2D eigenvalue weighted by atomic mass is 32.2. The van der Waals surface area contributed by atoms with Crippen molar-refractivity contribution < 1.29 is 19.8 Å². The first-order valence-corrected chi connectivity index (χ1v) is 6.92. The summed E-state index contributed by atoms with van der Waals surface area (Å²) in [5, 5.41) is 18.4. The maximum atomic E-state index is 12.3. The second-order valence-corrected chi connectivity index (χ2v) is 6.08. The van der Waals surface area contributed by atoms with E-state index >= 15 is 0 Å². The normalized spacial score (nSPS) is 20.7. The zero-order valence-corrected chi connectivity index (χ0v) is 11.7. The van der Waals surface area contributed by atoms with Crippen LogP contribution in [0.5, 0.6) is 0 Å². The van der Waals surface area contributed by atoms with Crippen molar-refractivity contribution in [2.75, 3.05) is 31.7 Å². The molecule has 0 aromatic heterocycles. The molecule has 1 atom stereocenters. The first-order chi connectivity index (χ1) is 8.31. The van der Waals surface area contributed by atoms with Gasteiger partial charge in [0.05, 0.1) is 12.1 Å². The topological polar surface area (TPSA) is 81.1 Å². The van der Waals surface area contributed by atoms with Crippen LogP contribution in [0.1, 0.15) is 13.8 Å². The van der Waals surface area contributed by atoms with Gasteiger partial charge in [-0.1, -0.05) is 0 Å². The van der Waals surface area contributed by atoms with Gasteiger partial charge in [-0.25, -0.2) is 9.59 Å². The van der Waals surface area contributed by atoms with E-state index in [4.69, 9.17) is 5.11 Å². The molecule has 2 amide bonds. The van der Waals surface area contributed by atoms with Crippen LogP contribution < -0.4 is 0 Å². The smallest absolute Gasteiger partial charge is 0.327 e. The number of aliphatic hydroxyl groups excluding tert-OH is 1. The average Bonchev–Trinajstić information content (AvgIpc) is 2.36. The molecule has 0 aromatic rings. The number of carbonyl (C=O) groups is 2. The number of urea groups is 1. The van der Waals surface area contributed by atoms with Gasteiger partial charge in [0.15, 0.2) is 0 Å². The fourth-order valence-corrected chi connectivity index (χ4v) is 2.63.